The standard InChI is InChI=1S/C13H25N3O/c1-14-11-13(17)16-9-7-15(8-10-16)12-5-3-2-4-6-12/h12,14H,2-11H2,1H3. The van der Waals surface area contributed by atoms with Gasteiger partial charge in [0.1, 0.15) is 0 Å². The summed E-state index contributed by atoms with van der Waals surface area (Å²) in [6, 6.07) is 0.797. The van der Waals surface area contributed by atoms with Gasteiger partial charge in [0.2, 0.25) is 5.91 Å². The van der Waals surface area contributed by atoms with E-state index in [-0.39, 0.29) is 5.91 Å². The van der Waals surface area contributed by atoms with Gasteiger partial charge in [0.25, 0.3) is 0 Å². The normalized spacial score (nSPS) is 23.9. The van der Waals surface area contributed by atoms with Gasteiger partial charge in [-0.05, 0) is 19.9 Å². The molecule has 1 amide bonds. The maximum atomic E-state index is 11.7. The van der Waals surface area contributed by atoms with E-state index in [1.165, 1.54) is 32.1 Å². The van der Waals surface area contributed by atoms with Crippen molar-refractivity contribution in [2.24, 2.45) is 0 Å². The molecule has 1 aliphatic carbocycles. The van der Waals surface area contributed by atoms with Crippen LogP contribution >= 0.6 is 0 Å². The summed E-state index contributed by atoms with van der Waals surface area (Å²) in [5.74, 6) is 0.246. The zero-order chi connectivity index (χ0) is 12.1. The highest BCUT2D eigenvalue weighted by Crippen LogP contribution is 2.23. The molecule has 4 nitrogen and oxygen atoms in total. The molecule has 0 aromatic rings. The number of hydrogen-bond donors (Lipinski definition) is 1. The van der Waals surface area contributed by atoms with Crippen LogP contribution in [-0.2, 0) is 4.79 Å². The van der Waals surface area contributed by atoms with Crippen LogP contribution in [0, 0.1) is 0 Å². The van der Waals surface area contributed by atoms with Crippen molar-refractivity contribution < 1.29 is 4.79 Å². The third kappa shape index (κ3) is 3.42. The Balaban J connectivity index is 1.75. The van der Waals surface area contributed by atoms with E-state index in [2.05, 4.69) is 10.2 Å². The van der Waals surface area contributed by atoms with Crippen LogP contribution in [0.2, 0.25) is 0 Å². The first-order valence-electron chi connectivity index (χ1n) is 6.97. The summed E-state index contributed by atoms with van der Waals surface area (Å²) in [7, 11) is 1.83. The third-order valence-corrected chi connectivity index (χ3v) is 4.09. The zero-order valence-corrected chi connectivity index (χ0v) is 11.0. The molecular weight excluding hydrogens is 214 g/mol. The molecule has 1 heterocycles. The second kappa shape index (κ2) is 6.36. The summed E-state index contributed by atoms with van der Waals surface area (Å²) >= 11 is 0. The van der Waals surface area contributed by atoms with Gasteiger partial charge in [0.15, 0.2) is 0 Å². The molecule has 2 rings (SSSR count). The van der Waals surface area contributed by atoms with Gasteiger partial charge in [-0.15, -0.1) is 0 Å². The summed E-state index contributed by atoms with van der Waals surface area (Å²) < 4.78 is 0. The van der Waals surface area contributed by atoms with Crippen LogP contribution in [0.4, 0.5) is 0 Å². The third-order valence-electron chi connectivity index (χ3n) is 4.09. The number of carbonyl (C=O) groups excluding carboxylic acids is 1. The van der Waals surface area contributed by atoms with Crippen molar-refractivity contribution in [2.45, 2.75) is 38.1 Å². The van der Waals surface area contributed by atoms with Gasteiger partial charge in [-0.2, -0.15) is 0 Å². The number of likely N-dealkylation sites (N-methyl/N-ethyl adjacent to an activating group) is 1. The molecule has 1 saturated carbocycles. The maximum absolute atomic E-state index is 11.7. The smallest absolute Gasteiger partial charge is 0.236 e. The Kier molecular flexibility index (Phi) is 4.80. The second-order valence-electron chi connectivity index (χ2n) is 5.24. The summed E-state index contributed by atoms with van der Waals surface area (Å²) in [4.78, 5) is 16.3. The van der Waals surface area contributed by atoms with Crippen LogP contribution < -0.4 is 5.32 Å². The fraction of sp³-hybridized carbons (Fsp3) is 0.923. The Hall–Kier alpha value is -0.610. The summed E-state index contributed by atoms with van der Waals surface area (Å²) in [5.41, 5.74) is 0. The van der Waals surface area contributed by atoms with E-state index >= 15 is 0 Å². The summed E-state index contributed by atoms with van der Waals surface area (Å²) in [6.45, 7) is 4.44. The highest BCUT2D eigenvalue weighted by Gasteiger charge is 2.26. The van der Waals surface area contributed by atoms with E-state index in [0.717, 1.165) is 32.2 Å². The van der Waals surface area contributed by atoms with Crippen molar-refractivity contribution in [2.75, 3.05) is 39.8 Å². The molecule has 0 spiro atoms. The first-order valence-corrected chi connectivity index (χ1v) is 6.97. The lowest BCUT2D eigenvalue weighted by atomic mass is 9.94. The van der Waals surface area contributed by atoms with Gasteiger partial charge in [0.05, 0.1) is 6.54 Å². The van der Waals surface area contributed by atoms with E-state index in [0.29, 0.717) is 6.54 Å². The first-order chi connectivity index (χ1) is 8.31. The van der Waals surface area contributed by atoms with Gasteiger partial charge in [-0.3, -0.25) is 9.69 Å². The van der Waals surface area contributed by atoms with E-state index in [1.807, 2.05) is 11.9 Å². The fourth-order valence-corrected chi connectivity index (χ4v) is 3.05. The van der Waals surface area contributed by atoms with Gasteiger partial charge >= 0.3 is 0 Å². The zero-order valence-electron chi connectivity index (χ0n) is 11.0. The van der Waals surface area contributed by atoms with E-state index in [1.54, 1.807) is 0 Å². The molecule has 2 fully saturated rings. The number of nitrogens with one attached hydrogen (secondary N) is 1. The van der Waals surface area contributed by atoms with Crippen molar-refractivity contribution in [3.8, 4) is 0 Å². The first kappa shape index (κ1) is 12.8. The predicted molar refractivity (Wildman–Crippen MR) is 69.0 cm³/mol. The van der Waals surface area contributed by atoms with Crippen LogP contribution in [0.1, 0.15) is 32.1 Å². The van der Waals surface area contributed by atoms with Crippen LogP contribution in [0.5, 0.6) is 0 Å². The quantitative estimate of drug-likeness (QED) is 0.787. The van der Waals surface area contributed by atoms with Crippen LogP contribution in [0.3, 0.4) is 0 Å². The lowest BCUT2D eigenvalue weighted by Gasteiger charge is -2.40. The Morgan fingerprint density at radius 2 is 1.76 bits per heavy atom. The average Bonchev–Trinajstić information content (AvgIpc) is 2.40. The molecule has 2 aliphatic rings. The Morgan fingerprint density at radius 1 is 1.12 bits per heavy atom. The maximum Gasteiger partial charge on any atom is 0.236 e. The number of nitrogens with zero attached hydrogens (tertiary/aromatic N) is 2. The highest BCUT2D eigenvalue weighted by molar-refractivity contribution is 5.78. The van der Waals surface area contributed by atoms with Gasteiger partial charge < -0.3 is 10.2 Å². The van der Waals surface area contributed by atoms with Crippen molar-refractivity contribution in [3.63, 3.8) is 0 Å². The SMILES string of the molecule is CNCC(=O)N1CCN(C2CCCCC2)CC1. The molecule has 4 heteroatoms. The monoisotopic (exact) mass is 239 g/mol. The molecule has 0 radical (unpaired) electrons. The molecule has 0 bridgehead atoms. The van der Waals surface area contributed by atoms with Crippen LogP contribution in [-0.4, -0.2) is 61.5 Å². The Bertz CT molecular complexity index is 243. The molecule has 0 aromatic heterocycles. The molecule has 17 heavy (non-hydrogen) atoms. The van der Waals surface area contributed by atoms with Gasteiger partial charge in [-0.1, -0.05) is 19.3 Å². The lowest BCUT2D eigenvalue weighted by Crippen LogP contribution is -2.53. The molecule has 0 unspecified atom stereocenters. The highest BCUT2D eigenvalue weighted by atomic mass is 16.2. The van der Waals surface area contributed by atoms with Gasteiger partial charge in [0, 0.05) is 32.2 Å². The number of hydrogen-bond acceptors (Lipinski definition) is 3. The van der Waals surface area contributed by atoms with E-state index in [4.69, 9.17) is 0 Å². The van der Waals surface area contributed by atoms with Crippen molar-refractivity contribution in [1.29, 1.82) is 0 Å². The van der Waals surface area contributed by atoms with E-state index < -0.39 is 0 Å². The predicted octanol–water partition coefficient (Wildman–Crippen LogP) is 0.683. The molecule has 1 N–H and O–H groups in total. The van der Waals surface area contributed by atoms with Gasteiger partial charge in [-0.25, -0.2) is 0 Å². The minimum absolute atomic E-state index is 0.246. The fourth-order valence-electron chi connectivity index (χ4n) is 3.05. The Morgan fingerprint density at radius 3 is 2.35 bits per heavy atom. The van der Waals surface area contributed by atoms with Crippen LogP contribution in [0.15, 0.2) is 0 Å². The molecular formula is C13H25N3O. The molecule has 98 valence electrons. The molecule has 1 aliphatic heterocycles. The second-order valence-corrected chi connectivity index (χ2v) is 5.24. The van der Waals surface area contributed by atoms with Crippen molar-refractivity contribution in [1.82, 2.24) is 15.1 Å². The summed E-state index contributed by atoms with van der Waals surface area (Å²) in [5, 5.41) is 2.93. The molecule has 0 aromatic carbocycles. The minimum Gasteiger partial charge on any atom is -0.339 e. The molecule has 0 atom stereocenters. The van der Waals surface area contributed by atoms with Crippen LogP contribution in [0.25, 0.3) is 0 Å². The van der Waals surface area contributed by atoms with Crippen molar-refractivity contribution >= 4 is 5.91 Å². The lowest BCUT2D eigenvalue weighted by molar-refractivity contribution is -0.132. The Labute approximate surface area is 104 Å². The number of rotatable bonds is 3. The average molecular weight is 239 g/mol. The number of amides is 1. The largest absolute Gasteiger partial charge is 0.339 e. The number of carbonyl (C=O) groups is 1. The molecule has 1 saturated heterocycles. The summed E-state index contributed by atoms with van der Waals surface area (Å²) in [6.07, 6.45) is 6.93. The topological polar surface area (TPSA) is 35.6 Å². The van der Waals surface area contributed by atoms with Crippen molar-refractivity contribution in [3.05, 3.63) is 0 Å². The number of piperazine rings is 1. The van der Waals surface area contributed by atoms with E-state index in [9.17, 15) is 4.79 Å². The minimum atomic E-state index is 0.246.